The van der Waals surface area contributed by atoms with Crippen molar-refractivity contribution in [2.45, 2.75) is 30.9 Å². The molecule has 2 unspecified atom stereocenters. The summed E-state index contributed by atoms with van der Waals surface area (Å²) in [5, 5.41) is 10.2. The average Bonchev–Trinajstić information content (AvgIpc) is 2.52. The number of rotatable bonds is 1. The van der Waals surface area contributed by atoms with Crippen molar-refractivity contribution in [1.82, 2.24) is 0 Å². The largest absolute Gasteiger partial charge is 0.385 e. The highest BCUT2D eigenvalue weighted by atomic mass is 19.2. The minimum absolute atomic E-state index is 0.0666. The first kappa shape index (κ1) is 10.5. The van der Waals surface area contributed by atoms with Gasteiger partial charge in [0.05, 0.1) is 5.60 Å². The van der Waals surface area contributed by atoms with Gasteiger partial charge in [0.15, 0.2) is 11.6 Å². The van der Waals surface area contributed by atoms with E-state index in [1.165, 1.54) is 6.07 Å². The van der Waals surface area contributed by atoms with Crippen molar-refractivity contribution in [3.63, 3.8) is 0 Å². The summed E-state index contributed by atoms with van der Waals surface area (Å²) in [5.74, 6) is -1.83. The Morgan fingerprint density at radius 3 is 2.60 bits per heavy atom. The summed E-state index contributed by atoms with van der Waals surface area (Å²) >= 11 is 0. The third-order valence-corrected chi connectivity index (χ3v) is 2.99. The summed E-state index contributed by atoms with van der Waals surface area (Å²) in [5.41, 5.74) is 5.01. The van der Waals surface area contributed by atoms with Crippen LogP contribution in [0.15, 0.2) is 18.2 Å². The van der Waals surface area contributed by atoms with E-state index >= 15 is 0 Å². The van der Waals surface area contributed by atoms with Crippen LogP contribution in [0.2, 0.25) is 0 Å². The fourth-order valence-corrected chi connectivity index (χ4v) is 2.11. The molecule has 1 fully saturated rings. The lowest BCUT2D eigenvalue weighted by Crippen LogP contribution is -2.25. The number of halogens is 2. The molecule has 3 N–H and O–H groups in total. The van der Waals surface area contributed by atoms with Crippen LogP contribution in [-0.2, 0) is 5.60 Å². The maximum absolute atomic E-state index is 13.0. The van der Waals surface area contributed by atoms with Crippen LogP contribution in [0.4, 0.5) is 8.78 Å². The van der Waals surface area contributed by atoms with Crippen LogP contribution >= 0.6 is 0 Å². The molecule has 0 amide bonds. The second-order valence-electron chi connectivity index (χ2n) is 4.16. The molecule has 0 heterocycles. The van der Waals surface area contributed by atoms with E-state index in [0.717, 1.165) is 12.1 Å². The van der Waals surface area contributed by atoms with Crippen molar-refractivity contribution >= 4 is 0 Å². The molecule has 1 aliphatic rings. The Hall–Kier alpha value is -1.00. The van der Waals surface area contributed by atoms with E-state index in [2.05, 4.69) is 0 Å². The zero-order valence-electron chi connectivity index (χ0n) is 8.21. The molecule has 0 spiro atoms. The molecular weight excluding hydrogens is 200 g/mol. The molecule has 2 atom stereocenters. The zero-order chi connectivity index (χ0) is 11.1. The SMILES string of the molecule is NC1CCC(O)(c2ccc(F)c(F)c2)C1. The van der Waals surface area contributed by atoms with Gasteiger partial charge in [-0.1, -0.05) is 6.07 Å². The summed E-state index contributed by atoms with van der Waals surface area (Å²) in [6.07, 6.45) is 1.60. The number of benzene rings is 1. The van der Waals surface area contributed by atoms with Crippen molar-refractivity contribution < 1.29 is 13.9 Å². The van der Waals surface area contributed by atoms with Crippen molar-refractivity contribution in [2.24, 2.45) is 5.73 Å². The van der Waals surface area contributed by atoms with Crippen LogP contribution in [0.3, 0.4) is 0 Å². The molecular formula is C11H13F2NO. The molecule has 1 aromatic carbocycles. The van der Waals surface area contributed by atoms with Gasteiger partial charge in [0.25, 0.3) is 0 Å². The van der Waals surface area contributed by atoms with E-state index in [0.29, 0.717) is 24.8 Å². The molecule has 1 saturated carbocycles. The Morgan fingerprint density at radius 1 is 1.33 bits per heavy atom. The Kier molecular flexibility index (Phi) is 2.48. The van der Waals surface area contributed by atoms with Crippen LogP contribution in [0.5, 0.6) is 0 Å². The van der Waals surface area contributed by atoms with Gasteiger partial charge in [-0.3, -0.25) is 0 Å². The van der Waals surface area contributed by atoms with E-state index in [1.807, 2.05) is 0 Å². The lowest BCUT2D eigenvalue weighted by molar-refractivity contribution is 0.0427. The lowest BCUT2D eigenvalue weighted by Gasteiger charge is -2.23. The highest BCUT2D eigenvalue weighted by Gasteiger charge is 2.37. The fraction of sp³-hybridized carbons (Fsp3) is 0.455. The Bertz CT molecular complexity index is 383. The maximum Gasteiger partial charge on any atom is 0.159 e. The van der Waals surface area contributed by atoms with Crippen LogP contribution < -0.4 is 5.73 Å². The normalized spacial score (nSPS) is 30.8. The van der Waals surface area contributed by atoms with Crippen molar-refractivity contribution in [3.8, 4) is 0 Å². The van der Waals surface area contributed by atoms with E-state index in [9.17, 15) is 13.9 Å². The summed E-state index contributed by atoms with van der Waals surface area (Å²) in [6, 6.07) is 3.43. The molecule has 82 valence electrons. The maximum atomic E-state index is 13.0. The minimum atomic E-state index is -1.09. The van der Waals surface area contributed by atoms with Gasteiger partial charge in [0.2, 0.25) is 0 Å². The summed E-state index contributed by atoms with van der Waals surface area (Å²) in [7, 11) is 0. The number of hydrogen-bond donors (Lipinski definition) is 2. The van der Waals surface area contributed by atoms with E-state index in [-0.39, 0.29) is 6.04 Å². The van der Waals surface area contributed by atoms with E-state index < -0.39 is 17.2 Å². The fourth-order valence-electron chi connectivity index (χ4n) is 2.11. The zero-order valence-corrected chi connectivity index (χ0v) is 8.21. The lowest BCUT2D eigenvalue weighted by atomic mass is 9.92. The van der Waals surface area contributed by atoms with Gasteiger partial charge in [0.1, 0.15) is 0 Å². The van der Waals surface area contributed by atoms with E-state index in [4.69, 9.17) is 5.73 Å². The van der Waals surface area contributed by atoms with Crippen LogP contribution in [0.25, 0.3) is 0 Å². The number of nitrogens with two attached hydrogens (primary N) is 1. The first-order valence-corrected chi connectivity index (χ1v) is 4.95. The quantitative estimate of drug-likeness (QED) is 0.745. The number of aliphatic hydroxyl groups is 1. The topological polar surface area (TPSA) is 46.2 Å². The molecule has 0 saturated heterocycles. The van der Waals surface area contributed by atoms with Gasteiger partial charge >= 0.3 is 0 Å². The molecule has 1 aromatic rings. The monoisotopic (exact) mass is 213 g/mol. The standard InChI is InChI=1S/C11H13F2NO/c12-9-2-1-7(5-10(9)13)11(15)4-3-8(14)6-11/h1-2,5,8,15H,3-4,6,14H2. The Labute approximate surface area is 86.7 Å². The third kappa shape index (κ3) is 1.87. The van der Waals surface area contributed by atoms with Crippen LogP contribution in [-0.4, -0.2) is 11.1 Å². The first-order valence-electron chi connectivity index (χ1n) is 4.95. The molecule has 4 heteroatoms. The second-order valence-corrected chi connectivity index (χ2v) is 4.16. The molecule has 0 aromatic heterocycles. The van der Waals surface area contributed by atoms with Gasteiger partial charge in [-0.15, -0.1) is 0 Å². The summed E-state index contributed by atoms with van der Waals surface area (Å²) in [6.45, 7) is 0. The average molecular weight is 213 g/mol. The Balaban J connectivity index is 2.33. The molecule has 15 heavy (non-hydrogen) atoms. The molecule has 2 nitrogen and oxygen atoms in total. The van der Waals surface area contributed by atoms with Gasteiger partial charge < -0.3 is 10.8 Å². The Morgan fingerprint density at radius 2 is 2.07 bits per heavy atom. The predicted molar refractivity (Wildman–Crippen MR) is 52.1 cm³/mol. The molecule has 2 rings (SSSR count). The smallest absolute Gasteiger partial charge is 0.159 e. The van der Waals surface area contributed by atoms with Gasteiger partial charge in [-0.2, -0.15) is 0 Å². The molecule has 0 aliphatic heterocycles. The van der Waals surface area contributed by atoms with Crippen LogP contribution in [0.1, 0.15) is 24.8 Å². The van der Waals surface area contributed by atoms with Gasteiger partial charge in [-0.05, 0) is 37.0 Å². The summed E-state index contributed by atoms with van der Waals surface area (Å²) in [4.78, 5) is 0. The molecule has 1 aliphatic carbocycles. The highest BCUT2D eigenvalue weighted by Crippen LogP contribution is 2.38. The van der Waals surface area contributed by atoms with Crippen molar-refractivity contribution in [2.75, 3.05) is 0 Å². The highest BCUT2D eigenvalue weighted by molar-refractivity contribution is 5.25. The van der Waals surface area contributed by atoms with E-state index in [1.54, 1.807) is 0 Å². The van der Waals surface area contributed by atoms with Crippen LogP contribution in [0, 0.1) is 11.6 Å². The van der Waals surface area contributed by atoms with Crippen molar-refractivity contribution in [3.05, 3.63) is 35.4 Å². The van der Waals surface area contributed by atoms with Crippen molar-refractivity contribution in [1.29, 1.82) is 0 Å². The van der Waals surface area contributed by atoms with Gasteiger partial charge in [-0.25, -0.2) is 8.78 Å². The molecule has 0 radical (unpaired) electrons. The number of hydrogen-bond acceptors (Lipinski definition) is 2. The predicted octanol–water partition coefficient (Wildman–Crippen LogP) is 1.66. The second kappa shape index (κ2) is 3.54. The molecule has 0 bridgehead atoms. The first-order chi connectivity index (χ1) is 7.01. The summed E-state index contributed by atoms with van der Waals surface area (Å²) < 4.78 is 25.7. The third-order valence-electron chi connectivity index (χ3n) is 2.99. The minimum Gasteiger partial charge on any atom is -0.385 e. The van der Waals surface area contributed by atoms with Gasteiger partial charge in [0, 0.05) is 6.04 Å².